The summed E-state index contributed by atoms with van der Waals surface area (Å²) in [6.07, 6.45) is 1.09. The number of rotatable bonds is 7. The normalized spacial score (nSPS) is 19.2. The molecule has 2 heterocycles. The van der Waals surface area contributed by atoms with Crippen molar-refractivity contribution in [2.24, 2.45) is 5.73 Å². The van der Waals surface area contributed by atoms with Crippen molar-refractivity contribution < 1.29 is 19.2 Å². The average molecular weight is 434 g/mol. The Morgan fingerprint density at radius 1 is 0.969 bits per heavy atom. The van der Waals surface area contributed by atoms with E-state index >= 15 is 0 Å². The maximum Gasteiger partial charge on any atom is 0.262 e. The van der Waals surface area contributed by atoms with Crippen molar-refractivity contribution in [1.82, 2.24) is 15.5 Å². The molecule has 0 aliphatic carbocycles. The lowest BCUT2D eigenvalue weighted by atomic mass is 10.0. The van der Waals surface area contributed by atoms with E-state index in [2.05, 4.69) is 34.9 Å². The SMILES string of the molecule is CC(N)Cc1ccc(CNCc2ccc3c(c2)C(=O)N(C2CCC(=O)NC2=O)C3=O)cc1. The number of hydrogen-bond acceptors (Lipinski definition) is 6. The van der Waals surface area contributed by atoms with Crippen LogP contribution in [0.3, 0.4) is 0 Å². The molecular weight excluding hydrogens is 408 g/mol. The number of nitrogens with one attached hydrogen (secondary N) is 2. The minimum atomic E-state index is -0.952. The van der Waals surface area contributed by atoms with Crippen LogP contribution in [0.5, 0.6) is 0 Å². The van der Waals surface area contributed by atoms with E-state index in [9.17, 15) is 19.2 Å². The Labute approximate surface area is 186 Å². The summed E-state index contributed by atoms with van der Waals surface area (Å²) in [4.78, 5) is 50.2. The fourth-order valence-electron chi connectivity index (χ4n) is 4.14. The number of hydrogen-bond donors (Lipinski definition) is 3. The topological polar surface area (TPSA) is 122 Å². The molecule has 32 heavy (non-hydrogen) atoms. The van der Waals surface area contributed by atoms with Crippen LogP contribution < -0.4 is 16.4 Å². The van der Waals surface area contributed by atoms with Crippen molar-refractivity contribution in [3.8, 4) is 0 Å². The predicted octanol–water partition coefficient (Wildman–Crippen LogP) is 1.27. The van der Waals surface area contributed by atoms with Gasteiger partial charge in [-0.2, -0.15) is 0 Å². The van der Waals surface area contributed by atoms with Gasteiger partial charge < -0.3 is 11.1 Å². The lowest BCUT2D eigenvalue weighted by Gasteiger charge is -2.27. The Kier molecular flexibility index (Phi) is 6.16. The second-order valence-electron chi connectivity index (χ2n) is 8.43. The zero-order chi connectivity index (χ0) is 22.8. The molecule has 8 nitrogen and oxygen atoms in total. The molecule has 8 heteroatoms. The first-order valence-electron chi connectivity index (χ1n) is 10.7. The first kappa shape index (κ1) is 21.9. The Morgan fingerprint density at radius 2 is 1.59 bits per heavy atom. The zero-order valence-electron chi connectivity index (χ0n) is 17.9. The first-order chi connectivity index (χ1) is 15.3. The molecule has 2 aromatic rings. The molecule has 0 spiro atoms. The average Bonchev–Trinajstić information content (AvgIpc) is 2.99. The number of piperidine rings is 1. The van der Waals surface area contributed by atoms with Crippen LogP contribution in [0.1, 0.15) is 57.2 Å². The molecule has 4 N–H and O–H groups in total. The lowest BCUT2D eigenvalue weighted by molar-refractivity contribution is -0.136. The van der Waals surface area contributed by atoms with E-state index in [1.807, 2.05) is 6.92 Å². The van der Waals surface area contributed by atoms with Crippen molar-refractivity contribution >= 4 is 23.6 Å². The number of imide groups is 2. The van der Waals surface area contributed by atoms with Gasteiger partial charge in [-0.3, -0.25) is 29.4 Å². The minimum Gasteiger partial charge on any atom is -0.328 e. The summed E-state index contributed by atoms with van der Waals surface area (Å²) in [6, 6.07) is 12.6. The Balaban J connectivity index is 1.39. The summed E-state index contributed by atoms with van der Waals surface area (Å²) in [6.45, 7) is 3.16. The summed E-state index contributed by atoms with van der Waals surface area (Å²) >= 11 is 0. The highest BCUT2D eigenvalue weighted by atomic mass is 16.2. The Bertz CT molecular complexity index is 1080. The second-order valence-corrected chi connectivity index (χ2v) is 8.43. The van der Waals surface area contributed by atoms with Crippen LogP contribution in [-0.4, -0.2) is 40.6 Å². The van der Waals surface area contributed by atoms with Crippen LogP contribution in [0, 0.1) is 0 Å². The van der Waals surface area contributed by atoms with Gasteiger partial charge >= 0.3 is 0 Å². The van der Waals surface area contributed by atoms with Crippen molar-refractivity contribution in [1.29, 1.82) is 0 Å². The standard InChI is InChI=1S/C24H26N4O4/c1-14(25)10-15-2-4-16(5-3-15)12-26-13-17-6-7-18-19(11-17)24(32)28(23(18)31)20-8-9-21(29)27-22(20)30/h2-7,11,14,20,26H,8-10,12-13,25H2,1H3,(H,27,29,30). The molecule has 4 amide bonds. The van der Waals surface area contributed by atoms with Crippen LogP contribution in [0.15, 0.2) is 42.5 Å². The van der Waals surface area contributed by atoms with Gasteiger partial charge in [0.1, 0.15) is 6.04 Å². The number of carbonyl (C=O) groups is 4. The van der Waals surface area contributed by atoms with E-state index in [1.54, 1.807) is 18.2 Å². The van der Waals surface area contributed by atoms with Crippen molar-refractivity contribution in [2.45, 2.75) is 51.4 Å². The van der Waals surface area contributed by atoms with Gasteiger partial charge in [0.2, 0.25) is 11.8 Å². The van der Waals surface area contributed by atoms with Crippen molar-refractivity contribution in [3.05, 3.63) is 70.3 Å². The van der Waals surface area contributed by atoms with Crippen LogP contribution in [0.2, 0.25) is 0 Å². The third-order valence-corrected chi connectivity index (χ3v) is 5.74. The summed E-state index contributed by atoms with van der Waals surface area (Å²) in [5.41, 5.74) is 9.61. The van der Waals surface area contributed by atoms with E-state index in [4.69, 9.17) is 5.73 Å². The monoisotopic (exact) mass is 434 g/mol. The zero-order valence-corrected chi connectivity index (χ0v) is 17.9. The number of fused-ring (bicyclic) bond motifs is 1. The molecular formula is C24H26N4O4. The van der Waals surface area contributed by atoms with Crippen molar-refractivity contribution in [2.75, 3.05) is 0 Å². The number of carbonyl (C=O) groups excluding carboxylic acids is 4. The third-order valence-electron chi connectivity index (χ3n) is 5.74. The lowest BCUT2D eigenvalue weighted by Crippen LogP contribution is -2.54. The number of nitrogens with two attached hydrogens (primary N) is 1. The van der Waals surface area contributed by atoms with E-state index in [0.29, 0.717) is 18.7 Å². The maximum atomic E-state index is 12.9. The summed E-state index contributed by atoms with van der Waals surface area (Å²) in [7, 11) is 0. The number of nitrogens with zero attached hydrogens (tertiary/aromatic N) is 1. The fourth-order valence-corrected chi connectivity index (χ4v) is 4.14. The molecule has 2 unspecified atom stereocenters. The van der Waals surface area contributed by atoms with Gasteiger partial charge in [0.15, 0.2) is 0 Å². The molecule has 0 radical (unpaired) electrons. The molecule has 4 rings (SSSR count). The van der Waals surface area contributed by atoms with Gasteiger partial charge in [0, 0.05) is 25.6 Å². The molecule has 0 aromatic heterocycles. The van der Waals surface area contributed by atoms with Crippen LogP contribution >= 0.6 is 0 Å². The molecule has 166 valence electrons. The van der Waals surface area contributed by atoms with Gasteiger partial charge in [-0.25, -0.2) is 0 Å². The van der Waals surface area contributed by atoms with Crippen LogP contribution in [0.4, 0.5) is 0 Å². The molecule has 1 saturated heterocycles. The molecule has 0 saturated carbocycles. The van der Waals surface area contributed by atoms with Gasteiger partial charge in [-0.15, -0.1) is 0 Å². The van der Waals surface area contributed by atoms with E-state index in [0.717, 1.165) is 22.4 Å². The smallest absolute Gasteiger partial charge is 0.262 e. The summed E-state index contributed by atoms with van der Waals surface area (Å²) in [5.74, 6) is -1.98. The van der Waals surface area contributed by atoms with Gasteiger partial charge in [0.25, 0.3) is 11.8 Å². The molecule has 2 aliphatic heterocycles. The highest BCUT2D eigenvalue weighted by molar-refractivity contribution is 6.23. The molecule has 1 fully saturated rings. The Morgan fingerprint density at radius 3 is 2.28 bits per heavy atom. The van der Waals surface area contributed by atoms with Gasteiger partial charge in [0.05, 0.1) is 11.1 Å². The minimum absolute atomic E-state index is 0.102. The van der Waals surface area contributed by atoms with E-state index < -0.39 is 23.8 Å². The second kappa shape index (κ2) is 9.02. The molecule has 2 atom stereocenters. The summed E-state index contributed by atoms with van der Waals surface area (Å²) in [5, 5.41) is 5.55. The van der Waals surface area contributed by atoms with E-state index in [-0.39, 0.29) is 30.4 Å². The Hall–Kier alpha value is -3.36. The van der Waals surface area contributed by atoms with Crippen LogP contribution in [0.25, 0.3) is 0 Å². The number of benzene rings is 2. The van der Waals surface area contributed by atoms with Crippen LogP contribution in [-0.2, 0) is 29.1 Å². The molecule has 0 bridgehead atoms. The highest BCUT2D eigenvalue weighted by Gasteiger charge is 2.44. The predicted molar refractivity (Wildman–Crippen MR) is 117 cm³/mol. The van der Waals surface area contributed by atoms with Crippen molar-refractivity contribution in [3.63, 3.8) is 0 Å². The number of amides is 4. The van der Waals surface area contributed by atoms with E-state index in [1.165, 1.54) is 5.56 Å². The fraction of sp³-hybridized carbons (Fsp3) is 0.333. The largest absolute Gasteiger partial charge is 0.328 e. The summed E-state index contributed by atoms with van der Waals surface area (Å²) < 4.78 is 0. The first-order valence-corrected chi connectivity index (χ1v) is 10.7. The molecule has 2 aromatic carbocycles. The molecule has 2 aliphatic rings. The quantitative estimate of drug-likeness (QED) is 0.564. The van der Waals surface area contributed by atoms with Gasteiger partial charge in [-0.1, -0.05) is 30.3 Å². The van der Waals surface area contributed by atoms with Gasteiger partial charge in [-0.05, 0) is 48.6 Å². The third kappa shape index (κ3) is 4.46. The maximum absolute atomic E-state index is 12.9. The highest BCUT2D eigenvalue weighted by Crippen LogP contribution is 2.28.